The molecule has 4 rings (SSSR count). The number of furan rings is 1. The number of rotatable bonds is 2. The van der Waals surface area contributed by atoms with Crippen molar-refractivity contribution in [2.75, 3.05) is 0 Å². The third-order valence-corrected chi connectivity index (χ3v) is 3.21. The standard InChI is InChI=1S/C14H11N5O/c1-19-8-10(7-18-19)11-2-3-15-12-4-13(20-14(11)12)9-5-16-17-6-9/h2-8H,1H3,(H,16,17). The first-order valence-corrected chi connectivity index (χ1v) is 6.18. The zero-order valence-corrected chi connectivity index (χ0v) is 10.7. The molecule has 0 saturated heterocycles. The second-order valence-corrected chi connectivity index (χ2v) is 4.57. The Balaban J connectivity index is 1.94. The minimum atomic E-state index is 0.748. The average molecular weight is 265 g/mol. The summed E-state index contributed by atoms with van der Waals surface area (Å²) in [5.41, 5.74) is 4.48. The molecule has 0 aromatic carbocycles. The van der Waals surface area contributed by atoms with Crippen LogP contribution in [-0.2, 0) is 7.05 Å². The lowest BCUT2D eigenvalue weighted by Crippen LogP contribution is -1.84. The smallest absolute Gasteiger partial charge is 0.161 e. The Morgan fingerprint density at radius 2 is 2.20 bits per heavy atom. The number of fused-ring (bicyclic) bond motifs is 1. The van der Waals surface area contributed by atoms with Crippen molar-refractivity contribution in [2.24, 2.45) is 7.05 Å². The fraction of sp³-hybridized carbons (Fsp3) is 0.0714. The number of nitrogens with one attached hydrogen (secondary N) is 1. The summed E-state index contributed by atoms with van der Waals surface area (Å²) < 4.78 is 7.71. The van der Waals surface area contributed by atoms with Crippen molar-refractivity contribution in [1.29, 1.82) is 0 Å². The van der Waals surface area contributed by atoms with E-state index in [-0.39, 0.29) is 0 Å². The number of pyridine rings is 1. The van der Waals surface area contributed by atoms with Gasteiger partial charge in [-0.1, -0.05) is 0 Å². The van der Waals surface area contributed by atoms with Gasteiger partial charge in [-0.15, -0.1) is 0 Å². The molecule has 0 amide bonds. The van der Waals surface area contributed by atoms with E-state index < -0.39 is 0 Å². The minimum absolute atomic E-state index is 0.748. The van der Waals surface area contributed by atoms with Crippen LogP contribution in [-0.4, -0.2) is 25.0 Å². The summed E-state index contributed by atoms with van der Waals surface area (Å²) in [5.74, 6) is 0.748. The lowest BCUT2D eigenvalue weighted by Gasteiger charge is -1.97. The van der Waals surface area contributed by atoms with E-state index in [9.17, 15) is 0 Å². The Bertz CT molecular complexity index is 872. The Morgan fingerprint density at radius 3 is 2.95 bits per heavy atom. The summed E-state index contributed by atoms with van der Waals surface area (Å²) >= 11 is 0. The first-order valence-electron chi connectivity index (χ1n) is 6.18. The number of aromatic amines is 1. The molecule has 0 aliphatic heterocycles. The van der Waals surface area contributed by atoms with Crippen molar-refractivity contribution in [1.82, 2.24) is 25.0 Å². The Labute approximate surface area is 114 Å². The van der Waals surface area contributed by atoms with Crippen molar-refractivity contribution in [2.45, 2.75) is 0 Å². The van der Waals surface area contributed by atoms with E-state index in [0.29, 0.717) is 0 Å². The molecule has 0 aliphatic rings. The van der Waals surface area contributed by atoms with E-state index in [4.69, 9.17) is 4.42 Å². The van der Waals surface area contributed by atoms with Crippen LogP contribution in [0.1, 0.15) is 0 Å². The molecule has 0 bridgehead atoms. The van der Waals surface area contributed by atoms with Crippen LogP contribution in [0.5, 0.6) is 0 Å². The van der Waals surface area contributed by atoms with E-state index in [1.165, 1.54) is 0 Å². The van der Waals surface area contributed by atoms with Crippen LogP contribution in [0.15, 0.2) is 47.5 Å². The van der Waals surface area contributed by atoms with E-state index >= 15 is 0 Å². The second-order valence-electron chi connectivity index (χ2n) is 4.57. The molecule has 4 heterocycles. The monoisotopic (exact) mass is 265 g/mol. The molecule has 0 atom stereocenters. The maximum atomic E-state index is 5.95. The highest BCUT2D eigenvalue weighted by Crippen LogP contribution is 2.32. The highest BCUT2D eigenvalue weighted by molar-refractivity contribution is 5.91. The van der Waals surface area contributed by atoms with Crippen LogP contribution >= 0.6 is 0 Å². The Morgan fingerprint density at radius 1 is 1.25 bits per heavy atom. The maximum Gasteiger partial charge on any atom is 0.161 e. The summed E-state index contributed by atoms with van der Waals surface area (Å²) in [6.07, 6.45) is 9.06. The molecule has 0 aliphatic carbocycles. The number of nitrogens with zero attached hydrogens (tertiary/aromatic N) is 4. The SMILES string of the molecule is Cn1cc(-c2ccnc3cc(-c4cn[nH]c4)oc23)cn1. The van der Waals surface area contributed by atoms with Crippen LogP contribution in [0.4, 0.5) is 0 Å². The fourth-order valence-electron chi connectivity index (χ4n) is 2.25. The third kappa shape index (κ3) is 1.62. The van der Waals surface area contributed by atoms with Gasteiger partial charge >= 0.3 is 0 Å². The van der Waals surface area contributed by atoms with Gasteiger partial charge in [-0.05, 0) is 6.07 Å². The number of hydrogen-bond acceptors (Lipinski definition) is 4. The summed E-state index contributed by atoms with van der Waals surface area (Å²) in [4.78, 5) is 4.35. The zero-order chi connectivity index (χ0) is 13.5. The molecule has 0 fully saturated rings. The first-order chi connectivity index (χ1) is 9.81. The lowest BCUT2D eigenvalue weighted by atomic mass is 10.1. The van der Waals surface area contributed by atoms with Crippen LogP contribution in [0, 0.1) is 0 Å². The summed E-state index contributed by atoms with van der Waals surface area (Å²) in [6.45, 7) is 0. The fourth-order valence-corrected chi connectivity index (χ4v) is 2.25. The predicted molar refractivity (Wildman–Crippen MR) is 73.8 cm³/mol. The summed E-state index contributed by atoms with van der Waals surface area (Å²) in [6, 6.07) is 3.85. The molecule has 4 aromatic rings. The van der Waals surface area contributed by atoms with Gasteiger partial charge in [0.25, 0.3) is 0 Å². The van der Waals surface area contributed by atoms with E-state index in [2.05, 4.69) is 20.3 Å². The molecule has 6 heteroatoms. The predicted octanol–water partition coefficient (Wildman–Crippen LogP) is 2.62. The molecule has 98 valence electrons. The third-order valence-electron chi connectivity index (χ3n) is 3.21. The van der Waals surface area contributed by atoms with Crippen LogP contribution in [0.2, 0.25) is 0 Å². The minimum Gasteiger partial charge on any atom is -0.454 e. The van der Waals surface area contributed by atoms with E-state index in [1.807, 2.05) is 31.6 Å². The van der Waals surface area contributed by atoms with Crippen LogP contribution in [0.3, 0.4) is 0 Å². The first kappa shape index (κ1) is 11.0. The van der Waals surface area contributed by atoms with Crippen molar-refractivity contribution < 1.29 is 4.42 Å². The topological polar surface area (TPSA) is 72.5 Å². The van der Waals surface area contributed by atoms with Crippen LogP contribution < -0.4 is 0 Å². The molecule has 6 nitrogen and oxygen atoms in total. The van der Waals surface area contributed by atoms with Crippen molar-refractivity contribution in [3.8, 4) is 22.5 Å². The normalized spacial score (nSPS) is 11.2. The molecule has 4 aromatic heterocycles. The second kappa shape index (κ2) is 4.06. The van der Waals surface area contributed by atoms with E-state index in [0.717, 1.165) is 33.6 Å². The van der Waals surface area contributed by atoms with Crippen LogP contribution in [0.25, 0.3) is 33.6 Å². The lowest BCUT2D eigenvalue weighted by molar-refractivity contribution is 0.632. The summed E-state index contributed by atoms with van der Waals surface area (Å²) in [5, 5.41) is 10.9. The van der Waals surface area contributed by atoms with Crippen molar-refractivity contribution in [3.63, 3.8) is 0 Å². The maximum absolute atomic E-state index is 5.95. The molecule has 0 unspecified atom stereocenters. The van der Waals surface area contributed by atoms with Gasteiger partial charge in [0.05, 0.1) is 18.0 Å². The molecular weight excluding hydrogens is 254 g/mol. The zero-order valence-electron chi connectivity index (χ0n) is 10.7. The van der Waals surface area contributed by atoms with Gasteiger partial charge in [-0.2, -0.15) is 10.2 Å². The average Bonchev–Trinajstić information content (AvgIpc) is 3.17. The number of H-pyrrole nitrogens is 1. The van der Waals surface area contributed by atoms with Gasteiger partial charge in [0, 0.05) is 42.8 Å². The molecule has 1 N–H and O–H groups in total. The number of aryl methyl sites for hydroxylation is 1. The molecule has 0 radical (unpaired) electrons. The van der Waals surface area contributed by atoms with Crippen molar-refractivity contribution in [3.05, 3.63) is 43.1 Å². The van der Waals surface area contributed by atoms with Gasteiger partial charge in [-0.25, -0.2) is 0 Å². The number of aromatic nitrogens is 5. The van der Waals surface area contributed by atoms with Gasteiger partial charge in [0.2, 0.25) is 0 Å². The quantitative estimate of drug-likeness (QED) is 0.604. The van der Waals surface area contributed by atoms with Gasteiger partial charge in [0.15, 0.2) is 5.58 Å². The number of hydrogen-bond donors (Lipinski definition) is 1. The highest BCUT2D eigenvalue weighted by Gasteiger charge is 2.13. The molecule has 0 spiro atoms. The molecule has 0 saturated carbocycles. The highest BCUT2D eigenvalue weighted by atomic mass is 16.3. The van der Waals surface area contributed by atoms with Gasteiger partial charge < -0.3 is 4.42 Å². The Kier molecular flexibility index (Phi) is 2.23. The van der Waals surface area contributed by atoms with Crippen molar-refractivity contribution >= 4 is 11.1 Å². The Hall–Kier alpha value is -2.89. The van der Waals surface area contributed by atoms with Gasteiger partial charge in [-0.3, -0.25) is 14.8 Å². The summed E-state index contributed by atoms with van der Waals surface area (Å²) in [7, 11) is 1.89. The largest absolute Gasteiger partial charge is 0.454 e. The van der Waals surface area contributed by atoms with Gasteiger partial charge in [0.1, 0.15) is 11.3 Å². The molecule has 20 heavy (non-hydrogen) atoms. The van der Waals surface area contributed by atoms with E-state index in [1.54, 1.807) is 23.3 Å². The molecular formula is C14H11N5O.